The molecule has 0 aromatic heterocycles. The normalized spacial score (nSPS) is 21.5. The van der Waals surface area contributed by atoms with Gasteiger partial charge >= 0.3 is 0 Å². The van der Waals surface area contributed by atoms with E-state index in [2.05, 4.69) is 26.1 Å². The van der Waals surface area contributed by atoms with Gasteiger partial charge in [-0.2, -0.15) is 0 Å². The molecule has 0 heterocycles. The van der Waals surface area contributed by atoms with Gasteiger partial charge in [0.2, 0.25) is 0 Å². The lowest BCUT2D eigenvalue weighted by Gasteiger charge is -2.48. The fraction of sp³-hybridized carbons (Fsp3) is 1.00. The molecule has 1 aliphatic carbocycles. The van der Waals surface area contributed by atoms with Gasteiger partial charge in [-0.1, -0.05) is 33.6 Å². The van der Waals surface area contributed by atoms with E-state index in [4.69, 9.17) is 0 Å². The average molecular weight is 183 g/mol. The number of hydrogen-bond donors (Lipinski definition) is 1. The van der Waals surface area contributed by atoms with Crippen LogP contribution in [0.3, 0.4) is 0 Å². The standard InChI is InChI=1S/C12H25N/c1-4-7-12(8-5-2)9-11(10-12)13-6-3/h11,13H,4-10H2,1-3H3. The molecule has 0 aliphatic heterocycles. The van der Waals surface area contributed by atoms with Crippen molar-refractivity contribution in [3.63, 3.8) is 0 Å². The maximum Gasteiger partial charge on any atom is 0.00775 e. The highest BCUT2D eigenvalue weighted by Crippen LogP contribution is 2.48. The Bertz CT molecular complexity index is 128. The summed E-state index contributed by atoms with van der Waals surface area (Å²) < 4.78 is 0. The largest absolute Gasteiger partial charge is 0.314 e. The van der Waals surface area contributed by atoms with Crippen molar-refractivity contribution in [2.45, 2.75) is 65.3 Å². The third-order valence-corrected chi connectivity index (χ3v) is 3.41. The molecule has 0 spiro atoms. The van der Waals surface area contributed by atoms with E-state index in [-0.39, 0.29) is 0 Å². The van der Waals surface area contributed by atoms with Gasteiger partial charge in [0.25, 0.3) is 0 Å². The molecule has 1 aliphatic rings. The second kappa shape index (κ2) is 4.99. The highest BCUT2D eigenvalue weighted by molar-refractivity contribution is 4.96. The van der Waals surface area contributed by atoms with Crippen molar-refractivity contribution in [1.29, 1.82) is 0 Å². The summed E-state index contributed by atoms with van der Waals surface area (Å²) in [5.41, 5.74) is 0.732. The summed E-state index contributed by atoms with van der Waals surface area (Å²) in [4.78, 5) is 0. The molecule has 0 atom stereocenters. The second-order valence-electron chi connectivity index (χ2n) is 4.66. The van der Waals surface area contributed by atoms with Crippen LogP contribution in [0.25, 0.3) is 0 Å². The van der Waals surface area contributed by atoms with Gasteiger partial charge in [0.1, 0.15) is 0 Å². The molecule has 0 unspecified atom stereocenters. The lowest BCUT2D eigenvalue weighted by atomic mass is 9.61. The molecule has 0 aromatic carbocycles. The first-order chi connectivity index (χ1) is 6.26. The Morgan fingerprint density at radius 1 is 1.08 bits per heavy atom. The van der Waals surface area contributed by atoms with E-state index in [1.54, 1.807) is 0 Å². The Balaban J connectivity index is 2.29. The smallest absolute Gasteiger partial charge is 0.00775 e. The number of hydrogen-bond acceptors (Lipinski definition) is 1. The summed E-state index contributed by atoms with van der Waals surface area (Å²) in [5, 5.41) is 3.55. The van der Waals surface area contributed by atoms with Gasteiger partial charge in [0.15, 0.2) is 0 Å². The van der Waals surface area contributed by atoms with Crippen molar-refractivity contribution in [2.24, 2.45) is 5.41 Å². The zero-order chi connectivity index (χ0) is 9.73. The van der Waals surface area contributed by atoms with Crippen LogP contribution in [0.15, 0.2) is 0 Å². The number of nitrogens with one attached hydrogen (secondary N) is 1. The second-order valence-corrected chi connectivity index (χ2v) is 4.66. The quantitative estimate of drug-likeness (QED) is 0.666. The van der Waals surface area contributed by atoms with Gasteiger partial charge in [-0.3, -0.25) is 0 Å². The highest BCUT2D eigenvalue weighted by atomic mass is 14.9. The first kappa shape index (κ1) is 11.0. The van der Waals surface area contributed by atoms with Crippen molar-refractivity contribution < 1.29 is 0 Å². The molecule has 1 nitrogen and oxygen atoms in total. The molecule has 0 radical (unpaired) electrons. The average Bonchev–Trinajstić information content (AvgIpc) is 2.03. The van der Waals surface area contributed by atoms with Crippen molar-refractivity contribution >= 4 is 0 Å². The Kier molecular flexibility index (Phi) is 4.24. The lowest BCUT2D eigenvalue weighted by molar-refractivity contribution is 0.0602. The van der Waals surface area contributed by atoms with E-state index >= 15 is 0 Å². The zero-order valence-corrected chi connectivity index (χ0v) is 9.53. The fourth-order valence-electron chi connectivity index (χ4n) is 3.01. The molecular weight excluding hydrogens is 158 g/mol. The lowest BCUT2D eigenvalue weighted by Crippen LogP contribution is -2.48. The maximum atomic E-state index is 3.55. The van der Waals surface area contributed by atoms with Gasteiger partial charge in [0, 0.05) is 6.04 Å². The number of rotatable bonds is 6. The Labute approximate surface area is 83.3 Å². The molecule has 78 valence electrons. The van der Waals surface area contributed by atoms with Crippen LogP contribution in [0.2, 0.25) is 0 Å². The van der Waals surface area contributed by atoms with E-state index < -0.39 is 0 Å². The van der Waals surface area contributed by atoms with Crippen molar-refractivity contribution in [3.8, 4) is 0 Å². The predicted molar refractivity (Wildman–Crippen MR) is 58.9 cm³/mol. The molecule has 0 saturated heterocycles. The fourth-order valence-corrected chi connectivity index (χ4v) is 3.01. The van der Waals surface area contributed by atoms with E-state index in [1.807, 2.05) is 0 Å². The van der Waals surface area contributed by atoms with Gasteiger partial charge < -0.3 is 5.32 Å². The molecule has 0 aromatic rings. The first-order valence-corrected chi connectivity index (χ1v) is 5.99. The van der Waals surface area contributed by atoms with Crippen LogP contribution in [-0.2, 0) is 0 Å². The van der Waals surface area contributed by atoms with Crippen LogP contribution in [-0.4, -0.2) is 12.6 Å². The molecule has 1 heteroatoms. The van der Waals surface area contributed by atoms with Crippen LogP contribution in [0.4, 0.5) is 0 Å². The molecule has 13 heavy (non-hydrogen) atoms. The van der Waals surface area contributed by atoms with E-state index in [0.29, 0.717) is 0 Å². The monoisotopic (exact) mass is 183 g/mol. The summed E-state index contributed by atoms with van der Waals surface area (Å²) in [6, 6.07) is 0.836. The third-order valence-electron chi connectivity index (χ3n) is 3.41. The first-order valence-electron chi connectivity index (χ1n) is 5.99. The summed E-state index contributed by atoms with van der Waals surface area (Å²) in [6.45, 7) is 7.98. The Morgan fingerprint density at radius 3 is 2.00 bits per heavy atom. The molecule has 1 saturated carbocycles. The van der Waals surface area contributed by atoms with Crippen LogP contribution in [0.5, 0.6) is 0 Å². The zero-order valence-electron chi connectivity index (χ0n) is 9.53. The van der Waals surface area contributed by atoms with Crippen LogP contribution in [0, 0.1) is 5.41 Å². The topological polar surface area (TPSA) is 12.0 Å². The SMILES string of the molecule is CCCC1(CCC)CC(NCC)C1. The van der Waals surface area contributed by atoms with Gasteiger partial charge in [-0.05, 0) is 37.6 Å². The van der Waals surface area contributed by atoms with Gasteiger partial charge in [-0.25, -0.2) is 0 Å². The van der Waals surface area contributed by atoms with Crippen LogP contribution in [0.1, 0.15) is 59.3 Å². The third kappa shape index (κ3) is 2.70. The molecular formula is C12H25N. The summed E-state index contributed by atoms with van der Waals surface area (Å²) in [5.74, 6) is 0. The summed E-state index contributed by atoms with van der Waals surface area (Å²) in [7, 11) is 0. The Hall–Kier alpha value is -0.0400. The van der Waals surface area contributed by atoms with E-state index in [9.17, 15) is 0 Å². The van der Waals surface area contributed by atoms with Crippen molar-refractivity contribution in [3.05, 3.63) is 0 Å². The minimum Gasteiger partial charge on any atom is -0.314 e. The molecule has 1 rings (SSSR count). The van der Waals surface area contributed by atoms with Crippen molar-refractivity contribution in [2.75, 3.05) is 6.54 Å². The minimum absolute atomic E-state index is 0.732. The summed E-state index contributed by atoms with van der Waals surface area (Å²) in [6.07, 6.45) is 8.48. The van der Waals surface area contributed by atoms with Crippen LogP contribution >= 0.6 is 0 Å². The minimum atomic E-state index is 0.732. The molecule has 0 amide bonds. The van der Waals surface area contributed by atoms with E-state index in [1.165, 1.54) is 38.5 Å². The van der Waals surface area contributed by atoms with E-state index in [0.717, 1.165) is 18.0 Å². The summed E-state index contributed by atoms with van der Waals surface area (Å²) >= 11 is 0. The molecule has 1 N–H and O–H groups in total. The van der Waals surface area contributed by atoms with Gasteiger partial charge in [0.05, 0.1) is 0 Å². The Morgan fingerprint density at radius 2 is 1.62 bits per heavy atom. The molecule has 1 fully saturated rings. The maximum absolute atomic E-state index is 3.55. The van der Waals surface area contributed by atoms with Crippen molar-refractivity contribution in [1.82, 2.24) is 5.32 Å². The highest BCUT2D eigenvalue weighted by Gasteiger charge is 2.41. The molecule has 0 bridgehead atoms. The predicted octanol–water partition coefficient (Wildman–Crippen LogP) is 3.34. The van der Waals surface area contributed by atoms with Crippen LogP contribution < -0.4 is 5.32 Å². The van der Waals surface area contributed by atoms with Gasteiger partial charge in [-0.15, -0.1) is 0 Å².